The van der Waals surface area contributed by atoms with Crippen molar-refractivity contribution in [2.24, 2.45) is 0 Å². The SMILES string of the molecule is N=CNCCNCO. The predicted molar refractivity (Wildman–Crippen MR) is 31.9 cm³/mol. The summed E-state index contributed by atoms with van der Waals surface area (Å²) in [6.07, 6.45) is 1.12. The largest absolute Gasteiger partial charge is 0.381 e. The molecule has 0 bridgehead atoms. The van der Waals surface area contributed by atoms with E-state index >= 15 is 0 Å². The summed E-state index contributed by atoms with van der Waals surface area (Å²) in [5, 5.41) is 20.0. The Labute approximate surface area is 48.4 Å². The van der Waals surface area contributed by atoms with E-state index in [1.807, 2.05) is 0 Å². The second kappa shape index (κ2) is 6.39. The summed E-state index contributed by atoms with van der Waals surface area (Å²) < 4.78 is 0. The van der Waals surface area contributed by atoms with Gasteiger partial charge in [0.1, 0.15) is 0 Å². The van der Waals surface area contributed by atoms with Gasteiger partial charge in [0.25, 0.3) is 0 Å². The van der Waals surface area contributed by atoms with E-state index in [-0.39, 0.29) is 6.73 Å². The van der Waals surface area contributed by atoms with Crippen LogP contribution < -0.4 is 10.6 Å². The van der Waals surface area contributed by atoms with E-state index in [1.54, 1.807) is 0 Å². The average Bonchev–Trinajstić information content (AvgIpc) is 1.81. The van der Waals surface area contributed by atoms with Gasteiger partial charge in [0.2, 0.25) is 0 Å². The maximum atomic E-state index is 8.17. The highest BCUT2D eigenvalue weighted by atomic mass is 16.3. The Morgan fingerprint density at radius 2 is 2.25 bits per heavy atom. The predicted octanol–water partition coefficient (Wildman–Crippen LogP) is -1.28. The molecule has 8 heavy (non-hydrogen) atoms. The summed E-state index contributed by atoms with van der Waals surface area (Å²) >= 11 is 0. The van der Waals surface area contributed by atoms with E-state index in [2.05, 4.69) is 10.6 Å². The molecular formula is C4H11N3O. The Kier molecular flexibility index (Phi) is 5.90. The summed E-state index contributed by atoms with van der Waals surface area (Å²) in [5.74, 6) is 0. The van der Waals surface area contributed by atoms with Crippen molar-refractivity contribution in [1.29, 1.82) is 5.41 Å². The van der Waals surface area contributed by atoms with Gasteiger partial charge in [-0.25, -0.2) is 0 Å². The van der Waals surface area contributed by atoms with Crippen molar-refractivity contribution in [3.8, 4) is 0 Å². The Hall–Kier alpha value is -0.610. The van der Waals surface area contributed by atoms with Crippen LogP contribution in [-0.4, -0.2) is 31.3 Å². The van der Waals surface area contributed by atoms with Gasteiger partial charge in [-0.2, -0.15) is 0 Å². The molecule has 0 radical (unpaired) electrons. The fraction of sp³-hybridized carbons (Fsp3) is 0.750. The fourth-order valence-corrected chi connectivity index (χ4v) is 0.312. The lowest BCUT2D eigenvalue weighted by molar-refractivity contribution is 0.262. The van der Waals surface area contributed by atoms with Crippen LogP contribution >= 0.6 is 0 Å². The van der Waals surface area contributed by atoms with Crippen molar-refractivity contribution in [1.82, 2.24) is 10.6 Å². The second-order valence-corrected chi connectivity index (χ2v) is 1.26. The summed E-state index contributed by atoms with van der Waals surface area (Å²) in [6, 6.07) is 0. The molecule has 48 valence electrons. The Balaban J connectivity index is 2.62. The lowest BCUT2D eigenvalue weighted by Gasteiger charge is -1.97. The zero-order valence-electron chi connectivity index (χ0n) is 4.65. The average molecular weight is 117 g/mol. The number of hydrogen-bond donors (Lipinski definition) is 4. The van der Waals surface area contributed by atoms with Crippen molar-refractivity contribution in [2.45, 2.75) is 0 Å². The van der Waals surface area contributed by atoms with Crippen LogP contribution in [0.2, 0.25) is 0 Å². The molecule has 0 aromatic heterocycles. The van der Waals surface area contributed by atoms with Crippen LogP contribution in [0.25, 0.3) is 0 Å². The van der Waals surface area contributed by atoms with Crippen molar-refractivity contribution in [3.63, 3.8) is 0 Å². The van der Waals surface area contributed by atoms with Gasteiger partial charge < -0.3 is 10.4 Å². The third-order valence-corrected chi connectivity index (χ3v) is 0.660. The van der Waals surface area contributed by atoms with Gasteiger partial charge in [-0.1, -0.05) is 0 Å². The van der Waals surface area contributed by atoms with Crippen molar-refractivity contribution in [3.05, 3.63) is 0 Å². The van der Waals surface area contributed by atoms with Crippen LogP contribution in [-0.2, 0) is 0 Å². The molecule has 0 aliphatic heterocycles. The monoisotopic (exact) mass is 117 g/mol. The molecule has 0 amide bonds. The topological polar surface area (TPSA) is 68.1 Å². The second-order valence-electron chi connectivity index (χ2n) is 1.26. The van der Waals surface area contributed by atoms with Crippen LogP contribution in [0.3, 0.4) is 0 Å². The minimum Gasteiger partial charge on any atom is -0.381 e. The van der Waals surface area contributed by atoms with Gasteiger partial charge in [-0.3, -0.25) is 10.7 Å². The molecule has 0 aliphatic rings. The van der Waals surface area contributed by atoms with Gasteiger partial charge in [0, 0.05) is 13.1 Å². The zero-order chi connectivity index (χ0) is 6.24. The minimum atomic E-state index is -0.000317. The van der Waals surface area contributed by atoms with Gasteiger partial charge in [0.15, 0.2) is 0 Å². The van der Waals surface area contributed by atoms with E-state index < -0.39 is 0 Å². The first-order chi connectivity index (χ1) is 3.91. The van der Waals surface area contributed by atoms with Crippen LogP contribution in [0.4, 0.5) is 0 Å². The van der Waals surface area contributed by atoms with E-state index in [1.165, 1.54) is 0 Å². The molecule has 0 spiro atoms. The van der Waals surface area contributed by atoms with Gasteiger partial charge in [-0.15, -0.1) is 0 Å². The van der Waals surface area contributed by atoms with E-state index in [4.69, 9.17) is 10.5 Å². The summed E-state index contributed by atoms with van der Waals surface area (Å²) in [7, 11) is 0. The van der Waals surface area contributed by atoms with Gasteiger partial charge in [-0.05, 0) is 0 Å². The van der Waals surface area contributed by atoms with E-state index in [0.717, 1.165) is 6.34 Å². The molecule has 0 aromatic carbocycles. The summed E-state index contributed by atoms with van der Waals surface area (Å²) in [4.78, 5) is 0. The Morgan fingerprint density at radius 1 is 1.50 bits per heavy atom. The Morgan fingerprint density at radius 3 is 2.75 bits per heavy atom. The highest BCUT2D eigenvalue weighted by Gasteiger charge is 1.77. The first kappa shape index (κ1) is 7.39. The molecule has 0 aromatic rings. The summed E-state index contributed by atoms with van der Waals surface area (Å²) in [5.41, 5.74) is 0. The maximum Gasteiger partial charge on any atom is 0.0932 e. The maximum absolute atomic E-state index is 8.17. The highest BCUT2D eigenvalue weighted by molar-refractivity contribution is 5.49. The van der Waals surface area contributed by atoms with Crippen LogP contribution in [0.5, 0.6) is 0 Å². The normalized spacial score (nSPS) is 8.62. The molecule has 0 heterocycles. The van der Waals surface area contributed by atoms with Crippen molar-refractivity contribution >= 4 is 6.34 Å². The first-order valence-electron chi connectivity index (χ1n) is 2.45. The van der Waals surface area contributed by atoms with Gasteiger partial charge in [0.05, 0.1) is 13.1 Å². The smallest absolute Gasteiger partial charge is 0.0932 e. The lowest BCUT2D eigenvalue weighted by Crippen LogP contribution is -2.26. The zero-order valence-corrected chi connectivity index (χ0v) is 4.65. The molecule has 0 unspecified atom stereocenters. The molecule has 0 rings (SSSR count). The van der Waals surface area contributed by atoms with Crippen LogP contribution in [0.1, 0.15) is 0 Å². The highest BCUT2D eigenvalue weighted by Crippen LogP contribution is 1.51. The van der Waals surface area contributed by atoms with Crippen molar-refractivity contribution < 1.29 is 5.11 Å². The number of aliphatic hydroxyl groups excluding tert-OH is 1. The van der Waals surface area contributed by atoms with Crippen molar-refractivity contribution in [2.75, 3.05) is 19.8 Å². The fourth-order valence-electron chi connectivity index (χ4n) is 0.312. The molecule has 0 fully saturated rings. The molecule has 4 nitrogen and oxygen atoms in total. The third kappa shape index (κ3) is 5.39. The van der Waals surface area contributed by atoms with Crippen LogP contribution in [0.15, 0.2) is 0 Å². The molecule has 0 atom stereocenters. The molecule has 0 aliphatic carbocycles. The van der Waals surface area contributed by atoms with Crippen LogP contribution in [0, 0.1) is 5.41 Å². The molecule has 0 saturated carbocycles. The quantitative estimate of drug-likeness (QED) is 0.157. The summed E-state index contributed by atoms with van der Waals surface area (Å²) in [6.45, 7) is 1.37. The molecular weight excluding hydrogens is 106 g/mol. The molecule has 4 heteroatoms. The number of nitrogens with one attached hydrogen (secondary N) is 3. The lowest BCUT2D eigenvalue weighted by atomic mass is 10.6. The standard InChI is InChI=1S/C4H11N3O/c5-3-6-1-2-7-4-8/h3,7-8H,1-2,4H2,(H2,5,6). The molecule has 4 N–H and O–H groups in total. The van der Waals surface area contributed by atoms with E-state index in [9.17, 15) is 0 Å². The number of hydrogen-bond acceptors (Lipinski definition) is 3. The minimum absolute atomic E-state index is 0.000317. The number of rotatable bonds is 5. The third-order valence-electron chi connectivity index (χ3n) is 0.660. The van der Waals surface area contributed by atoms with Gasteiger partial charge >= 0.3 is 0 Å². The molecule has 0 saturated heterocycles. The number of aliphatic hydroxyl groups is 1. The first-order valence-corrected chi connectivity index (χ1v) is 2.45. The Bertz CT molecular complexity index is 57.2. The van der Waals surface area contributed by atoms with E-state index in [0.29, 0.717) is 13.1 Å².